The summed E-state index contributed by atoms with van der Waals surface area (Å²) in [6.45, 7) is 5.57. The third-order valence-corrected chi connectivity index (χ3v) is 5.06. The predicted molar refractivity (Wildman–Crippen MR) is 95.4 cm³/mol. The minimum atomic E-state index is 0.143. The van der Waals surface area contributed by atoms with Crippen molar-refractivity contribution >= 4 is 11.6 Å². The van der Waals surface area contributed by atoms with Crippen molar-refractivity contribution in [1.29, 1.82) is 0 Å². The normalized spacial score (nSPS) is 24.8. The predicted octanol–water partition coefficient (Wildman–Crippen LogP) is 2.60. The number of ether oxygens (including phenoxy) is 1. The summed E-state index contributed by atoms with van der Waals surface area (Å²) in [4.78, 5) is 13.7. The van der Waals surface area contributed by atoms with Crippen LogP contribution in [0, 0.1) is 5.41 Å². The Kier molecular flexibility index (Phi) is 4.34. The van der Waals surface area contributed by atoms with Crippen molar-refractivity contribution in [2.75, 3.05) is 49.2 Å². The van der Waals surface area contributed by atoms with Crippen molar-refractivity contribution in [2.45, 2.75) is 12.8 Å². The van der Waals surface area contributed by atoms with E-state index in [0.29, 0.717) is 0 Å². The Morgan fingerprint density at radius 3 is 2.54 bits per heavy atom. The third-order valence-electron chi connectivity index (χ3n) is 5.06. The monoisotopic (exact) mass is 324 g/mol. The molecule has 3 heterocycles. The number of nitrogens with zero attached hydrogens (tertiary/aromatic N) is 4. The maximum absolute atomic E-state index is 6.01. The van der Waals surface area contributed by atoms with Crippen LogP contribution in [0.1, 0.15) is 12.8 Å². The van der Waals surface area contributed by atoms with Crippen LogP contribution in [0.4, 0.5) is 11.6 Å². The number of aromatic nitrogens is 2. The molecule has 5 nitrogen and oxygen atoms in total. The first-order valence-corrected chi connectivity index (χ1v) is 8.74. The lowest BCUT2D eigenvalue weighted by atomic mass is 9.80. The van der Waals surface area contributed by atoms with E-state index in [1.807, 2.05) is 18.5 Å². The van der Waals surface area contributed by atoms with E-state index in [1.54, 1.807) is 0 Å². The van der Waals surface area contributed by atoms with Gasteiger partial charge in [-0.3, -0.25) is 0 Å². The maximum atomic E-state index is 6.01. The van der Waals surface area contributed by atoms with Crippen molar-refractivity contribution in [3.05, 3.63) is 48.8 Å². The molecule has 2 aliphatic heterocycles. The average molecular weight is 324 g/mol. The van der Waals surface area contributed by atoms with Crippen LogP contribution in [0.2, 0.25) is 0 Å². The standard InChI is InChI=1S/C19H24N4O/c1-2-6-17(7-3-1)22-12-13-24-16-19(14-22)8-4-11-23(15-19)18-20-9-5-10-21-18/h1-3,5-7,9-10H,4,8,11-16H2/t19-/m1/s1. The first kappa shape index (κ1) is 15.4. The summed E-state index contributed by atoms with van der Waals surface area (Å²) >= 11 is 0. The Balaban J connectivity index is 1.56. The zero-order chi connectivity index (χ0) is 16.2. The van der Waals surface area contributed by atoms with E-state index in [2.05, 4.69) is 50.1 Å². The smallest absolute Gasteiger partial charge is 0.225 e. The highest BCUT2D eigenvalue weighted by Gasteiger charge is 2.39. The maximum Gasteiger partial charge on any atom is 0.225 e. The number of para-hydroxylation sites is 1. The van der Waals surface area contributed by atoms with Gasteiger partial charge in [-0.15, -0.1) is 0 Å². The molecule has 0 bridgehead atoms. The van der Waals surface area contributed by atoms with E-state index in [4.69, 9.17) is 4.74 Å². The van der Waals surface area contributed by atoms with Crippen LogP contribution in [-0.4, -0.2) is 49.4 Å². The van der Waals surface area contributed by atoms with Crippen LogP contribution in [0.3, 0.4) is 0 Å². The second kappa shape index (κ2) is 6.77. The number of anilines is 2. The summed E-state index contributed by atoms with van der Waals surface area (Å²) in [7, 11) is 0. The fourth-order valence-electron chi connectivity index (χ4n) is 3.93. The lowest BCUT2D eigenvalue weighted by Crippen LogP contribution is -2.51. The highest BCUT2D eigenvalue weighted by Crippen LogP contribution is 2.35. The SMILES string of the molecule is c1ccc(N2CCOC[C@]3(CCCN(c4ncccn4)C3)C2)cc1. The fourth-order valence-corrected chi connectivity index (χ4v) is 3.93. The molecular formula is C19H24N4O. The van der Waals surface area contributed by atoms with Gasteiger partial charge in [-0.2, -0.15) is 0 Å². The summed E-state index contributed by atoms with van der Waals surface area (Å²) in [5.74, 6) is 0.840. The van der Waals surface area contributed by atoms with Gasteiger partial charge in [0.15, 0.2) is 0 Å². The third kappa shape index (κ3) is 3.22. The van der Waals surface area contributed by atoms with Crippen molar-refractivity contribution < 1.29 is 4.74 Å². The van der Waals surface area contributed by atoms with Gasteiger partial charge in [0.05, 0.1) is 13.2 Å². The van der Waals surface area contributed by atoms with Crippen LogP contribution < -0.4 is 9.80 Å². The topological polar surface area (TPSA) is 41.5 Å². The van der Waals surface area contributed by atoms with Crippen LogP contribution in [0.25, 0.3) is 0 Å². The van der Waals surface area contributed by atoms with Crippen molar-refractivity contribution in [1.82, 2.24) is 9.97 Å². The van der Waals surface area contributed by atoms with E-state index in [1.165, 1.54) is 12.1 Å². The Morgan fingerprint density at radius 2 is 1.71 bits per heavy atom. The van der Waals surface area contributed by atoms with Gasteiger partial charge in [0.25, 0.3) is 0 Å². The highest BCUT2D eigenvalue weighted by molar-refractivity contribution is 5.46. The zero-order valence-corrected chi connectivity index (χ0v) is 14.0. The summed E-state index contributed by atoms with van der Waals surface area (Å²) < 4.78 is 6.01. The number of benzene rings is 1. The second-order valence-electron chi connectivity index (χ2n) is 6.88. The zero-order valence-electron chi connectivity index (χ0n) is 14.0. The quantitative estimate of drug-likeness (QED) is 0.849. The molecule has 24 heavy (non-hydrogen) atoms. The Hall–Kier alpha value is -2.14. The summed E-state index contributed by atoms with van der Waals surface area (Å²) in [6, 6.07) is 12.6. The Bertz CT molecular complexity index is 651. The molecule has 0 amide bonds. The number of hydrogen-bond acceptors (Lipinski definition) is 5. The molecule has 0 aliphatic carbocycles. The second-order valence-corrected chi connectivity index (χ2v) is 6.88. The fraction of sp³-hybridized carbons (Fsp3) is 0.474. The van der Waals surface area contributed by atoms with Crippen molar-refractivity contribution in [3.8, 4) is 0 Å². The molecule has 2 aliphatic rings. The minimum absolute atomic E-state index is 0.143. The molecule has 2 saturated heterocycles. The van der Waals surface area contributed by atoms with E-state index in [0.717, 1.165) is 51.8 Å². The molecule has 2 aromatic rings. The summed E-state index contributed by atoms with van der Waals surface area (Å²) in [5, 5.41) is 0. The van der Waals surface area contributed by atoms with Gasteiger partial charge in [-0.1, -0.05) is 18.2 Å². The molecule has 1 atom stereocenters. The minimum Gasteiger partial charge on any atom is -0.379 e. The number of hydrogen-bond donors (Lipinski definition) is 0. The van der Waals surface area contributed by atoms with Gasteiger partial charge in [0, 0.05) is 49.7 Å². The van der Waals surface area contributed by atoms with Gasteiger partial charge >= 0.3 is 0 Å². The van der Waals surface area contributed by atoms with Gasteiger partial charge in [0.2, 0.25) is 5.95 Å². The highest BCUT2D eigenvalue weighted by atomic mass is 16.5. The molecule has 126 valence electrons. The van der Waals surface area contributed by atoms with Gasteiger partial charge < -0.3 is 14.5 Å². The van der Waals surface area contributed by atoms with Gasteiger partial charge in [-0.25, -0.2) is 9.97 Å². The van der Waals surface area contributed by atoms with E-state index < -0.39 is 0 Å². The van der Waals surface area contributed by atoms with E-state index in [-0.39, 0.29) is 5.41 Å². The van der Waals surface area contributed by atoms with Gasteiger partial charge in [0.1, 0.15) is 0 Å². The molecule has 5 heteroatoms. The Morgan fingerprint density at radius 1 is 0.917 bits per heavy atom. The lowest BCUT2D eigenvalue weighted by molar-refractivity contribution is 0.0596. The molecule has 1 aromatic carbocycles. The van der Waals surface area contributed by atoms with Crippen LogP contribution in [0.5, 0.6) is 0 Å². The molecule has 1 spiro atoms. The molecule has 0 N–H and O–H groups in total. The number of piperidine rings is 1. The van der Waals surface area contributed by atoms with Crippen molar-refractivity contribution in [2.24, 2.45) is 5.41 Å². The number of rotatable bonds is 2. The average Bonchev–Trinajstić information content (AvgIpc) is 2.86. The van der Waals surface area contributed by atoms with Crippen LogP contribution in [0.15, 0.2) is 48.8 Å². The lowest BCUT2D eigenvalue weighted by Gasteiger charge is -2.44. The van der Waals surface area contributed by atoms with E-state index >= 15 is 0 Å². The largest absolute Gasteiger partial charge is 0.379 e. The molecule has 1 aromatic heterocycles. The van der Waals surface area contributed by atoms with Crippen molar-refractivity contribution in [3.63, 3.8) is 0 Å². The first-order valence-electron chi connectivity index (χ1n) is 8.74. The molecule has 2 fully saturated rings. The molecule has 0 radical (unpaired) electrons. The summed E-state index contributed by atoms with van der Waals surface area (Å²) in [5.41, 5.74) is 1.43. The molecular weight excluding hydrogens is 300 g/mol. The Labute approximate surface area is 143 Å². The molecule has 4 rings (SSSR count). The van der Waals surface area contributed by atoms with Gasteiger partial charge in [-0.05, 0) is 31.0 Å². The molecule has 0 unspecified atom stereocenters. The first-order chi connectivity index (χ1) is 11.8. The molecule has 0 saturated carbocycles. The summed E-state index contributed by atoms with van der Waals surface area (Å²) in [6.07, 6.45) is 6.00. The van der Waals surface area contributed by atoms with Crippen LogP contribution in [-0.2, 0) is 4.74 Å². The van der Waals surface area contributed by atoms with Crippen LogP contribution >= 0.6 is 0 Å². The van der Waals surface area contributed by atoms with E-state index in [9.17, 15) is 0 Å².